The molecule has 6 heteroatoms. The van der Waals surface area contributed by atoms with Gasteiger partial charge in [-0.1, -0.05) is 23.7 Å². The number of aromatic carboxylic acids is 1. The van der Waals surface area contributed by atoms with E-state index in [1.807, 2.05) is 18.2 Å². The van der Waals surface area contributed by atoms with E-state index in [0.29, 0.717) is 10.7 Å². The van der Waals surface area contributed by atoms with Gasteiger partial charge in [0.15, 0.2) is 0 Å². The molecule has 2 heterocycles. The van der Waals surface area contributed by atoms with Crippen molar-refractivity contribution < 1.29 is 39.5 Å². The number of nitrogens with zero attached hydrogens (tertiary/aromatic N) is 2. The van der Waals surface area contributed by atoms with Crippen molar-refractivity contribution >= 4 is 23.2 Å². The van der Waals surface area contributed by atoms with Crippen LogP contribution in [0.25, 0.3) is 16.9 Å². The first-order valence-corrected chi connectivity index (χ1v) is 5.97. The van der Waals surface area contributed by atoms with Crippen LogP contribution in [-0.2, 0) is 0 Å². The van der Waals surface area contributed by atoms with Crippen molar-refractivity contribution in [1.29, 1.82) is 0 Å². The SMILES string of the molecule is O=C([O-])c1ccn2c(-c3cccc(Cl)c3)cnc2c1.[Na+]. The minimum absolute atomic E-state index is 0. The summed E-state index contributed by atoms with van der Waals surface area (Å²) in [5.74, 6) is -1.21. The van der Waals surface area contributed by atoms with E-state index >= 15 is 0 Å². The van der Waals surface area contributed by atoms with Crippen LogP contribution in [0.5, 0.6) is 0 Å². The first-order chi connectivity index (χ1) is 9.15. The van der Waals surface area contributed by atoms with E-state index in [9.17, 15) is 9.90 Å². The molecule has 0 saturated heterocycles. The van der Waals surface area contributed by atoms with Gasteiger partial charge < -0.3 is 9.90 Å². The number of carboxylic acids is 1. The summed E-state index contributed by atoms with van der Waals surface area (Å²) in [5, 5.41) is 11.4. The minimum atomic E-state index is -1.21. The second kappa shape index (κ2) is 5.97. The molecule has 0 aliphatic carbocycles. The Labute approximate surface area is 142 Å². The van der Waals surface area contributed by atoms with E-state index in [4.69, 9.17) is 11.6 Å². The van der Waals surface area contributed by atoms with Gasteiger partial charge in [-0.05, 0) is 24.3 Å². The van der Waals surface area contributed by atoms with Gasteiger partial charge in [0.1, 0.15) is 5.65 Å². The van der Waals surface area contributed by atoms with Gasteiger partial charge in [0.2, 0.25) is 0 Å². The van der Waals surface area contributed by atoms with Crippen molar-refractivity contribution in [3.05, 3.63) is 59.4 Å². The Morgan fingerprint density at radius 2 is 2.05 bits per heavy atom. The van der Waals surface area contributed by atoms with E-state index in [1.54, 1.807) is 22.9 Å². The molecule has 0 amide bonds. The number of fused-ring (bicyclic) bond motifs is 1. The van der Waals surface area contributed by atoms with Gasteiger partial charge in [0.25, 0.3) is 0 Å². The van der Waals surface area contributed by atoms with E-state index in [0.717, 1.165) is 11.3 Å². The van der Waals surface area contributed by atoms with Crippen molar-refractivity contribution in [1.82, 2.24) is 9.38 Å². The Morgan fingerprint density at radius 1 is 1.25 bits per heavy atom. The van der Waals surface area contributed by atoms with Crippen LogP contribution in [0.1, 0.15) is 10.4 Å². The number of aromatic nitrogens is 2. The van der Waals surface area contributed by atoms with Crippen LogP contribution in [0.4, 0.5) is 0 Å². The van der Waals surface area contributed by atoms with Crippen LogP contribution in [-0.4, -0.2) is 15.4 Å². The maximum atomic E-state index is 10.8. The molecule has 20 heavy (non-hydrogen) atoms. The van der Waals surface area contributed by atoms with Gasteiger partial charge in [-0.25, -0.2) is 4.98 Å². The molecule has 3 aromatic rings. The number of benzene rings is 1. The number of hydrogen-bond donors (Lipinski definition) is 0. The zero-order valence-corrected chi connectivity index (χ0v) is 13.5. The van der Waals surface area contributed by atoms with Crippen molar-refractivity contribution in [2.45, 2.75) is 0 Å². The van der Waals surface area contributed by atoms with Crippen molar-refractivity contribution in [2.24, 2.45) is 0 Å². The molecule has 0 aliphatic heterocycles. The Hall–Kier alpha value is -1.33. The molecule has 0 radical (unpaired) electrons. The molecule has 4 nitrogen and oxygen atoms in total. The van der Waals surface area contributed by atoms with Gasteiger partial charge in [-0.3, -0.25) is 4.40 Å². The predicted octanol–water partition coefficient (Wildman–Crippen LogP) is -0.978. The fourth-order valence-electron chi connectivity index (χ4n) is 1.97. The molecule has 0 unspecified atom stereocenters. The third-order valence-electron chi connectivity index (χ3n) is 2.87. The summed E-state index contributed by atoms with van der Waals surface area (Å²) >= 11 is 5.96. The number of carbonyl (C=O) groups excluding carboxylic acids is 1. The quantitative estimate of drug-likeness (QED) is 0.571. The first kappa shape index (κ1) is 15.1. The Balaban J connectivity index is 0.00000147. The Bertz CT molecular complexity index is 786. The topological polar surface area (TPSA) is 57.4 Å². The number of halogens is 1. The number of pyridine rings is 1. The summed E-state index contributed by atoms with van der Waals surface area (Å²) in [7, 11) is 0. The normalized spacial score (nSPS) is 10.2. The van der Waals surface area contributed by atoms with Crippen molar-refractivity contribution in [3.63, 3.8) is 0 Å². The third kappa shape index (κ3) is 2.74. The standard InChI is InChI=1S/C14H9ClN2O2.Na/c15-11-3-1-2-9(6-11)12-8-16-13-7-10(14(18)19)4-5-17(12)13;/h1-8H,(H,18,19);/q;+1/p-1. The molecule has 1 aromatic carbocycles. The molecular weight excluding hydrogens is 287 g/mol. The third-order valence-corrected chi connectivity index (χ3v) is 3.10. The molecule has 0 fully saturated rings. The van der Waals surface area contributed by atoms with Gasteiger partial charge in [-0.2, -0.15) is 0 Å². The summed E-state index contributed by atoms with van der Waals surface area (Å²) in [6, 6.07) is 10.4. The van der Waals surface area contributed by atoms with E-state index in [2.05, 4.69) is 4.98 Å². The minimum Gasteiger partial charge on any atom is -0.545 e. The van der Waals surface area contributed by atoms with Gasteiger partial charge in [0.05, 0.1) is 17.9 Å². The molecule has 0 atom stereocenters. The molecule has 0 spiro atoms. The van der Waals surface area contributed by atoms with Crippen LogP contribution in [0.2, 0.25) is 5.02 Å². The molecule has 3 rings (SSSR count). The summed E-state index contributed by atoms with van der Waals surface area (Å²) < 4.78 is 1.80. The van der Waals surface area contributed by atoms with Gasteiger partial charge in [-0.15, -0.1) is 0 Å². The number of carbonyl (C=O) groups is 1. The van der Waals surface area contributed by atoms with E-state index < -0.39 is 5.97 Å². The van der Waals surface area contributed by atoms with Crippen LogP contribution < -0.4 is 34.7 Å². The average molecular weight is 295 g/mol. The second-order valence-corrected chi connectivity index (χ2v) is 4.52. The molecule has 0 N–H and O–H groups in total. The van der Waals surface area contributed by atoms with Crippen LogP contribution in [0.15, 0.2) is 48.8 Å². The monoisotopic (exact) mass is 294 g/mol. The smallest absolute Gasteiger partial charge is 0.545 e. The van der Waals surface area contributed by atoms with E-state index in [-0.39, 0.29) is 35.1 Å². The number of rotatable bonds is 2. The van der Waals surface area contributed by atoms with Gasteiger partial charge in [0, 0.05) is 22.3 Å². The number of imidazole rings is 1. The molecule has 0 bridgehead atoms. The molecule has 0 saturated carbocycles. The predicted molar refractivity (Wildman–Crippen MR) is 70.0 cm³/mol. The summed E-state index contributed by atoms with van der Waals surface area (Å²) in [6.45, 7) is 0. The van der Waals surface area contributed by atoms with Crippen LogP contribution in [0.3, 0.4) is 0 Å². The van der Waals surface area contributed by atoms with Crippen LogP contribution >= 0.6 is 11.6 Å². The first-order valence-electron chi connectivity index (χ1n) is 5.59. The van der Waals surface area contributed by atoms with Crippen molar-refractivity contribution in [3.8, 4) is 11.3 Å². The maximum Gasteiger partial charge on any atom is 1.00 e. The zero-order valence-electron chi connectivity index (χ0n) is 10.7. The largest absolute Gasteiger partial charge is 1.00 e. The zero-order chi connectivity index (χ0) is 13.4. The molecule has 2 aromatic heterocycles. The Kier molecular flexibility index (Phi) is 4.50. The van der Waals surface area contributed by atoms with Gasteiger partial charge >= 0.3 is 29.6 Å². The number of carboxylic acid groups (broad SMARTS) is 1. The van der Waals surface area contributed by atoms with Crippen molar-refractivity contribution in [2.75, 3.05) is 0 Å². The maximum absolute atomic E-state index is 10.8. The summed E-state index contributed by atoms with van der Waals surface area (Å²) in [5.41, 5.74) is 2.43. The number of hydrogen-bond acceptors (Lipinski definition) is 3. The average Bonchev–Trinajstić information content (AvgIpc) is 2.81. The fraction of sp³-hybridized carbons (Fsp3) is 0. The summed E-state index contributed by atoms with van der Waals surface area (Å²) in [4.78, 5) is 15.0. The summed E-state index contributed by atoms with van der Waals surface area (Å²) in [6.07, 6.45) is 3.34. The van der Waals surface area contributed by atoms with Crippen LogP contribution in [0, 0.1) is 0 Å². The second-order valence-electron chi connectivity index (χ2n) is 4.08. The molecular formula is C14H8ClN2NaO2. The molecule has 0 aliphatic rings. The molecule has 94 valence electrons. The fourth-order valence-corrected chi connectivity index (χ4v) is 2.16. The Morgan fingerprint density at radius 3 is 2.75 bits per heavy atom. The van der Waals surface area contributed by atoms with E-state index in [1.165, 1.54) is 12.1 Å².